The molecule has 1 heterocycles. The third kappa shape index (κ3) is 4.74. The summed E-state index contributed by atoms with van der Waals surface area (Å²) in [7, 11) is 0. The van der Waals surface area contributed by atoms with Crippen LogP contribution >= 0.6 is 0 Å². The highest BCUT2D eigenvalue weighted by atomic mass is 16.5. The van der Waals surface area contributed by atoms with Crippen molar-refractivity contribution in [2.45, 2.75) is 40.2 Å². The maximum atomic E-state index is 12.5. The van der Waals surface area contributed by atoms with Crippen LogP contribution in [0.2, 0.25) is 0 Å². The predicted octanol–water partition coefficient (Wildman–Crippen LogP) is 4.20. The van der Waals surface area contributed by atoms with Gasteiger partial charge < -0.3 is 25.5 Å². The Labute approximate surface area is 187 Å². The van der Waals surface area contributed by atoms with Crippen molar-refractivity contribution in [3.8, 4) is 17.1 Å². The minimum atomic E-state index is -0.480. The quantitative estimate of drug-likeness (QED) is 0.210. The van der Waals surface area contributed by atoms with E-state index in [2.05, 4.69) is 29.5 Å². The summed E-state index contributed by atoms with van der Waals surface area (Å²) in [4.78, 5) is 12.5. The summed E-state index contributed by atoms with van der Waals surface area (Å²) in [6.45, 7) is 8.70. The zero-order valence-corrected chi connectivity index (χ0v) is 18.7. The average Bonchev–Trinajstić information content (AvgIpc) is 3.23. The molecule has 0 aliphatic heterocycles. The van der Waals surface area contributed by atoms with E-state index in [4.69, 9.17) is 15.0 Å². The molecule has 0 aliphatic rings. The van der Waals surface area contributed by atoms with Gasteiger partial charge in [-0.1, -0.05) is 54.5 Å². The molecule has 8 heteroatoms. The molecule has 0 radical (unpaired) electrons. The number of benzene rings is 2. The van der Waals surface area contributed by atoms with Gasteiger partial charge in [-0.15, -0.1) is 0 Å². The number of oxime groups is 1. The Hall–Kier alpha value is -3.81. The summed E-state index contributed by atoms with van der Waals surface area (Å²) < 4.78 is 11.7. The molecule has 0 fully saturated rings. The molecule has 168 valence electrons. The number of aryl methyl sites for hydroxylation is 1. The lowest BCUT2D eigenvalue weighted by molar-refractivity contribution is 0.0946. The van der Waals surface area contributed by atoms with Gasteiger partial charge in [0.25, 0.3) is 5.91 Å². The SMILES string of the molecule is CCNC(=O)c1noc(-c2cc(C(C)C)c(C)cc2OCc2ccccc2)c1C(N)=NO. The van der Waals surface area contributed by atoms with E-state index in [-0.39, 0.29) is 28.8 Å². The maximum absolute atomic E-state index is 12.5. The van der Waals surface area contributed by atoms with Gasteiger partial charge in [0.1, 0.15) is 17.9 Å². The summed E-state index contributed by atoms with van der Waals surface area (Å²) in [5, 5.41) is 19.0. The van der Waals surface area contributed by atoms with Crippen LogP contribution in [0.3, 0.4) is 0 Å². The summed E-state index contributed by atoms with van der Waals surface area (Å²) in [5.74, 6) is 0.220. The first kappa shape index (κ1) is 22.9. The molecule has 0 saturated carbocycles. The van der Waals surface area contributed by atoms with Crippen molar-refractivity contribution in [1.82, 2.24) is 10.5 Å². The fourth-order valence-electron chi connectivity index (χ4n) is 3.51. The van der Waals surface area contributed by atoms with Gasteiger partial charge in [0, 0.05) is 6.54 Å². The Morgan fingerprint density at radius 2 is 2.00 bits per heavy atom. The van der Waals surface area contributed by atoms with Crippen molar-refractivity contribution in [3.05, 3.63) is 70.4 Å². The fourth-order valence-corrected chi connectivity index (χ4v) is 3.51. The highest BCUT2D eigenvalue weighted by Crippen LogP contribution is 2.38. The second-order valence-corrected chi connectivity index (χ2v) is 7.71. The van der Waals surface area contributed by atoms with Crippen LogP contribution in [0.5, 0.6) is 5.75 Å². The molecule has 32 heavy (non-hydrogen) atoms. The topological polar surface area (TPSA) is 123 Å². The van der Waals surface area contributed by atoms with Crippen LogP contribution in [-0.4, -0.2) is 28.7 Å². The van der Waals surface area contributed by atoms with Crippen LogP contribution in [-0.2, 0) is 6.61 Å². The average molecular weight is 437 g/mol. The first-order chi connectivity index (χ1) is 15.4. The summed E-state index contributed by atoms with van der Waals surface area (Å²) >= 11 is 0. The van der Waals surface area contributed by atoms with E-state index in [1.165, 1.54) is 0 Å². The van der Waals surface area contributed by atoms with E-state index in [0.717, 1.165) is 16.7 Å². The molecular formula is C24H28N4O4. The second kappa shape index (κ2) is 10.00. The van der Waals surface area contributed by atoms with Gasteiger partial charge in [0.15, 0.2) is 17.3 Å². The van der Waals surface area contributed by atoms with E-state index in [0.29, 0.717) is 24.5 Å². The van der Waals surface area contributed by atoms with Crippen molar-refractivity contribution in [1.29, 1.82) is 0 Å². The molecule has 2 aromatic carbocycles. The van der Waals surface area contributed by atoms with E-state index >= 15 is 0 Å². The Bertz CT molecular complexity index is 1120. The Balaban J connectivity index is 2.16. The number of carbonyl (C=O) groups excluding carboxylic acids is 1. The third-order valence-electron chi connectivity index (χ3n) is 5.08. The minimum absolute atomic E-state index is 0.0576. The molecule has 1 aromatic heterocycles. The van der Waals surface area contributed by atoms with Gasteiger partial charge in [-0.3, -0.25) is 4.79 Å². The lowest BCUT2D eigenvalue weighted by Crippen LogP contribution is -2.26. The van der Waals surface area contributed by atoms with Gasteiger partial charge in [0.2, 0.25) is 0 Å². The first-order valence-electron chi connectivity index (χ1n) is 10.4. The number of nitrogens with two attached hydrogens (primary N) is 1. The number of ether oxygens (including phenoxy) is 1. The molecule has 4 N–H and O–H groups in total. The zero-order valence-electron chi connectivity index (χ0n) is 18.7. The van der Waals surface area contributed by atoms with Crippen molar-refractivity contribution in [3.63, 3.8) is 0 Å². The number of nitrogens with zero attached hydrogens (tertiary/aromatic N) is 2. The van der Waals surface area contributed by atoms with Crippen LogP contribution < -0.4 is 15.8 Å². The number of amidine groups is 1. The van der Waals surface area contributed by atoms with E-state index in [9.17, 15) is 10.0 Å². The molecular weight excluding hydrogens is 408 g/mol. The van der Waals surface area contributed by atoms with Gasteiger partial charge in [-0.05, 0) is 48.6 Å². The lowest BCUT2D eigenvalue weighted by atomic mass is 9.93. The number of hydrogen-bond donors (Lipinski definition) is 3. The minimum Gasteiger partial charge on any atom is -0.488 e. The van der Waals surface area contributed by atoms with Crippen LogP contribution in [0.4, 0.5) is 0 Å². The van der Waals surface area contributed by atoms with Crippen molar-refractivity contribution in [2.75, 3.05) is 6.54 Å². The lowest BCUT2D eigenvalue weighted by Gasteiger charge is -2.17. The number of amides is 1. The molecule has 0 saturated heterocycles. The van der Waals surface area contributed by atoms with Crippen LogP contribution in [0.25, 0.3) is 11.3 Å². The molecule has 0 aliphatic carbocycles. The number of nitrogens with one attached hydrogen (secondary N) is 1. The monoisotopic (exact) mass is 436 g/mol. The predicted molar refractivity (Wildman–Crippen MR) is 122 cm³/mol. The van der Waals surface area contributed by atoms with E-state index < -0.39 is 5.91 Å². The molecule has 3 rings (SSSR count). The van der Waals surface area contributed by atoms with Gasteiger partial charge in [0.05, 0.1) is 5.56 Å². The third-order valence-corrected chi connectivity index (χ3v) is 5.08. The molecule has 0 atom stereocenters. The summed E-state index contributed by atoms with van der Waals surface area (Å²) in [5.41, 5.74) is 9.69. The number of rotatable bonds is 8. The molecule has 1 amide bonds. The van der Waals surface area contributed by atoms with Crippen LogP contribution in [0.1, 0.15) is 59.4 Å². The summed E-state index contributed by atoms with van der Waals surface area (Å²) in [6.07, 6.45) is 0. The van der Waals surface area contributed by atoms with Crippen molar-refractivity contribution >= 4 is 11.7 Å². The Kier molecular flexibility index (Phi) is 7.14. The Morgan fingerprint density at radius 3 is 2.62 bits per heavy atom. The van der Waals surface area contributed by atoms with Gasteiger partial charge in [-0.2, -0.15) is 0 Å². The smallest absolute Gasteiger partial charge is 0.274 e. The van der Waals surface area contributed by atoms with Gasteiger partial charge >= 0.3 is 0 Å². The molecule has 0 spiro atoms. The normalized spacial score (nSPS) is 11.6. The summed E-state index contributed by atoms with van der Waals surface area (Å²) in [6, 6.07) is 13.6. The largest absolute Gasteiger partial charge is 0.488 e. The van der Waals surface area contributed by atoms with Crippen LogP contribution in [0, 0.1) is 6.92 Å². The second-order valence-electron chi connectivity index (χ2n) is 7.71. The Morgan fingerprint density at radius 1 is 1.28 bits per heavy atom. The molecule has 3 aromatic rings. The maximum Gasteiger partial charge on any atom is 0.274 e. The highest BCUT2D eigenvalue weighted by molar-refractivity contribution is 6.11. The van der Waals surface area contributed by atoms with E-state index in [1.807, 2.05) is 49.4 Å². The van der Waals surface area contributed by atoms with Crippen molar-refractivity contribution in [2.24, 2.45) is 10.9 Å². The molecule has 0 unspecified atom stereocenters. The van der Waals surface area contributed by atoms with Gasteiger partial charge in [-0.25, -0.2) is 0 Å². The van der Waals surface area contributed by atoms with E-state index in [1.54, 1.807) is 6.92 Å². The fraction of sp³-hybridized carbons (Fsp3) is 0.292. The zero-order chi connectivity index (χ0) is 23.3. The first-order valence-corrected chi connectivity index (χ1v) is 10.4. The number of aromatic nitrogens is 1. The highest BCUT2D eigenvalue weighted by Gasteiger charge is 2.28. The van der Waals surface area contributed by atoms with Crippen LogP contribution in [0.15, 0.2) is 52.1 Å². The molecule has 8 nitrogen and oxygen atoms in total. The number of hydrogen-bond acceptors (Lipinski definition) is 6. The van der Waals surface area contributed by atoms with Crippen molar-refractivity contribution < 1.29 is 19.3 Å². The number of carbonyl (C=O) groups is 1. The molecule has 0 bridgehead atoms. The standard InChI is InChI=1S/C24H28N4O4/c1-5-26-24(29)21-20(23(25)27-30)22(32-28-21)18-12-17(14(2)3)15(4)11-19(18)31-13-16-9-7-6-8-10-16/h6-12,14,30H,5,13H2,1-4H3,(H2,25,27)(H,26,29).